The Kier molecular flexibility index (Phi) is 14.0. The Balaban J connectivity index is 5.53. The first-order valence-electron chi connectivity index (χ1n) is 10.3. The third kappa shape index (κ3) is 13.5. The molecule has 16 nitrogen and oxygen atoms in total. The lowest BCUT2D eigenvalue weighted by Gasteiger charge is -2.24. The summed E-state index contributed by atoms with van der Waals surface area (Å²) in [5.41, 5.74) is 25.9. The van der Waals surface area contributed by atoms with Crippen molar-refractivity contribution in [2.24, 2.45) is 33.7 Å². The molecule has 0 aliphatic carbocycles. The fourth-order valence-corrected chi connectivity index (χ4v) is 2.67. The topological polar surface area (TPSA) is 301 Å². The lowest BCUT2D eigenvalue weighted by Crippen LogP contribution is -2.56. The molecule has 3 atom stereocenters. The van der Waals surface area contributed by atoms with Gasteiger partial charge in [-0.05, 0) is 25.7 Å². The summed E-state index contributed by atoms with van der Waals surface area (Å²) in [7, 11) is 0. The molecule has 14 N–H and O–H groups in total. The maximum absolute atomic E-state index is 12.8. The van der Waals surface area contributed by atoms with Crippen LogP contribution in [0.4, 0.5) is 0 Å². The predicted octanol–water partition coefficient (Wildman–Crippen LogP) is -4.93. The van der Waals surface area contributed by atoms with Gasteiger partial charge >= 0.3 is 5.97 Å². The van der Waals surface area contributed by atoms with E-state index in [1.165, 1.54) is 0 Å². The molecule has 0 saturated carbocycles. The Morgan fingerprint density at radius 3 is 1.65 bits per heavy atom. The molecule has 34 heavy (non-hydrogen) atoms. The van der Waals surface area contributed by atoms with Crippen molar-refractivity contribution < 1.29 is 33.9 Å². The van der Waals surface area contributed by atoms with E-state index in [-0.39, 0.29) is 51.0 Å². The number of nitrogens with zero attached hydrogens (tertiary/aromatic N) is 1. The monoisotopic (exact) mass is 487 g/mol. The second-order valence-electron chi connectivity index (χ2n) is 7.24. The van der Waals surface area contributed by atoms with Crippen LogP contribution in [0.3, 0.4) is 0 Å². The van der Waals surface area contributed by atoms with Crippen LogP contribution < -0.4 is 44.6 Å². The van der Waals surface area contributed by atoms with Crippen molar-refractivity contribution in [2.75, 3.05) is 13.1 Å². The van der Waals surface area contributed by atoms with Crippen LogP contribution in [-0.2, 0) is 28.8 Å². The largest absolute Gasteiger partial charge is 0.480 e. The van der Waals surface area contributed by atoms with E-state index >= 15 is 0 Å². The highest BCUT2D eigenvalue weighted by Crippen LogP contribution is 2.05. The van der Waals surface area contributed by atoms with Crippen molar-refractivity contribution in [2.45, 2.75) is 56.7 Å². The number of amides is 5. The average molecular weight is 488 g/mol. The van der Waals surface area contributed by atoms with E-state index < -0.39 is 60.2 Å². The molecule has 16 heteroatoms. The number of aliphatic imine (C=N–C) groups is 1. The maximum atomic E-state index is 12.8. The minimum atomic E-state index is -1.44. The van der Waals surface area contributed by atoms with Gasteiger partial charge in [-0.1, -0.05) is 0 Å². The molecule has 0 aromatic rings. The zero-order chi connectivity index (χ0) is 26.3. The number of hydrogen-bond acceptors (Lipinski definition) is 8. The number of aliphatic carboxylic acids is 1. The van der Waals surface area contributed by atoms with Crippen molar-refractivity contribution in [1.82, 2.24) is 16.0 Å². The fraction of sp³-hybridized carbons (Fsp3) is 0.611. The third-order valence-electron chi connectivity index (χ3n) is 4.39. The number of guanidine groups is 1. The molecule has 5 amide bonds. The lowest BCUT2D eigenvalue weighted by molar-refractivity contribution is -0.142. The fourth-order valence-electron chi connectivity index (χ4n) is 2.67. The Bertz CT molecular complexity index is 784. The van der Waals surface area contributed by atoms with Crippen LogP contribution >= 0.6 is 0 Å². The van der Waals surface area contributed by atoms with Gasteiger partial charge in [-0.3, -0.25) is 29.0 Å². The molecule has 0 aliphatic rings. The van der Waals surface area contributed by atoms with Gasteiger partial charge in [0.2, 0.25) is 29.5 Å². The number of carboxylic acids is 1. The Morgan fingerprint density at radius 1 is 0.735 bits per heavy atom. The van der Waals surface area contributed by atoms with Crippen LogP contribution in [0.2, 0.25) is 0 Å². The van der Waals surface area contributed by atoms with Gasteiger partial charge in [0, 0.05) is 19.4 Å². The van der Waals surface area contributed by atoms with E-state index in [4.69, 9.17) is 28.7 Å². The molecule has 192 valence electrons. The first-order valence-corrected chi connectivity index (χ1v) is 10.3. The van der Waals surface area contributed by atoms with Crippen molar-refractivity contribution in [1.29, 1.82) is 0 Å². The van der Waals surface area contributed by atoms with Gasteiger partial charge in [-0.15, -0.1) is 0 Å². The molecular formula is C18H33N9O7. The van der Waals surface area contributed by atoms with Crippen molar-refractivity contribution >= 4 is 41.5 Å². The van der Waals surface area contributed by atoms with E-state index in [1.54, 1.807) is 0 Å². The molecule has 0 fully saturated rings. The quantitative estimate of drug-likeness (QED) is 0.0534. The van der Waals surface area contributed by atoms with Gasteiger partial charge in [0.25, 0.3) is 0 Å². The smallest absolute Gasteiger partial charge is 0.326 e. The summed E-state index contributed by atoms with van der Waals surface area (Å²) in [6, 6.07) is -3.94. The second-order valence-corrected chi connectivity index (χ2v) is 7.24. The molecular weight excluding hydrogens is 454 g/mol. The minimum absolute atomic E-state index is 0.0100. The third-order valence-corrected chi connectivity index (χ3v) is 4.39. The zero-order valence-electron chi connectivity index (χ0n) is 18.6. The minimum Gasteiger partial charge on any atom is -0.480 e. The molecule has 0 aliphatic heterocycles. The first-order chi connectivity index (χ1) is 15.9. The molecule has 3 unspecified atom stereocenters. The first kappa shape index (κ1) is 30.1. The number of carbonyl (C=O) groups is 6. The van der Waals surface area contributed by atoms with Crippen LogP contribution in [0, 0.1) is 0 Å². The molecule has 0 rings (SSSR count). The van der Waals surface area contributed by atoms with E-state index in [2.05, 4.69) is 20.9 Å². The number of hydrogen-bond donors (Lipinski definition) is 9. The van der Waals surface area contributed by atoms with E-state index in [0.29, 0.717) is 0 Å². The SMILES string of the molecule is NCC(=O)NC(CCC(N)=O)C(=O)NC(CCCN=C(N)N)C(=O)NC(CCC(N)=O)C(=O)O. The number of carbonyl (C=O) groups excluding carboxylic acids is 5. The van der Waals surface area contributed by atoms with Gasteiger partial charge in [-0.2, -0.15) is 0 Å². The van der Waals surface area contributed by atoms with Gasteiger partial charge in [0.15, 0.2) is 5.96 Å². The molecule has 0 saturated heterocycles. The van der Waals surface area contributed by atoms with E-state index in [0.717, 1.165) is 0 Å². The van der Waals surface area contributed by atoms with Gasteiger partial charge in [-0.25, -0.2) is 4.79 Å². The van der Waals surface area contributed by atoms with Crippen molar-refractivity contribution in [3.05, 3.63) is 0 Å². The summed E-state index contributed by atoms with van der Waals surface area (Å²) in [5, 5.41) is 16.3. The number of rotatable bonds is 17. The number of carboxylic acid groups (broad SMARTS) is 1. The highest BCUT2D eigenvalue weighted by molar-refractivity contribution is 5.94. The van der Waals surface area contributed by atoms with Crippen LogP contribution in [0.15, 0.2) is 4.99 Å². The molecule has 0 aromatic carbocycles. The number of primary amides is 2. The van der Waals surface area contributed by atoms with Crippen LogP contribution in [-0.4, -0.2) is 77.8 Å². The summed E-state index contributed by atoms with van der Waals surface area (Å²) in [6.45, 7) is -0.316. The van der Waals surface area contributed by atoms with Gasteiger partial charge in [0.05, 0.1) is 6.54 Å². The van der Waals surface area contributed by atoms with Crippen LogP contribution in [0.25, 0.3) is 0 Å². The predicted molar refractivity (Wildman–Crippen MR) is 119 cm³/mol. The summed E-state index contributed by atoms with van der Waals surface area (Å²) in [6.07, 6.45) is -0.748. The highest BCUT2D eigenvalue weighted by atomic mass is 16.4. The Labute approximate surface area is 195 Å². The van der Waals surface area contributed by atoms with Crippen LogP contribution in [0.1, 0.15) is 38.5 Å². The van der Waals surface area contributed by atoms with Gasteiger partial charge < -0.3 is 49.7 Å². The maximum Gasteiger partial charge on any atom is 0.326 e. The number of nitrogens with two attached hydrogens (primary N) is 5. The lowest BCUT2D eigenvalue weighted by atomic mass is 10.1. The summed E-state index contributed by atoms with van der Waals surface area (Å²) < 4.78 is 0. The van der Waals surface area contributed by atoms with Gasteiger partial charge in [0.1, 0.15) is 18.1 Å². The zero-order valence-corrected chi connectivity index (χ0v) is 18.6. The Hall–Kier alpha value is -3.95. The summed E-state index contributed by atoms with van der Waals surface area (Å²) >= 11 is 0. The number of nitrogens with one attached hydrogen (secondary N) is 3. The van der Waals surface area contributed by atoms with Crippen LogP contribution in [0.5, 0.6) is 0 Å². The normalized spacial score (nSPS) is 13.0. The Morgan fingerprint density at radius 2 is 1.21 bits per heavy atom. The molecule has 0 radical (unpaired) electrons. The highest BCUT2D eigenvalue weighted by Gasteiger charge is 2.29. The average Bonchev–Trinajstić information content (AvgIpc) is 2.74. The molecule has 0 spiro atoms. The summed E-state index contributed by atoms with van der Waals surface area (Å²) in [5.74, 6) is -5.44. The summed E-state index contributed by atoms with van der Waals surface area (Å²) in [4.78, 5) is 74.5. The molecule has 0 aromatic heterocycles. The molecule has 0 heterocycles. The molecule has 0 bridgehead atoms. The second kappa shape index (κ2) is 15.8. The standard InChI is InChI=1S/C18H33N9O7/c19-8-14(30)25-10(3-5-12(20)28)16(32)26-9(2-1-7-24-18(22)23)15(31)27-11(17(33)34)4-6-13(21)29/h9-11H,1-8,19H2,(H2,20,28)(H2,21,29)(H,25,30)(H,26,32)(H,27,31)(H,33,34)(H4,22,23,24). The van der Waals surface area contributed by atoms with E-state index in [1.807, 2.05) is 0 Å². The van der Waals surface area contributed by atoms with Crippen molar-refractivity contribution in [3.63, 3.8) is 0 Å². The van der Waals surface area contributed by atoms with E-state index in [9.17, 15) is 33.9 Å². The van der Waals surface area contributed by atoms with Crippen molar-refractivity contribution in [3.8, 4) is 0 Å².